The minimum Gasteiger partial charge on any atom is -0.496 e. The first-order valence-corrected chi connectivity index (χ1v) is 8.51. The number of alkyl halides is 2. The molecule has 136 valence electrons. The summed E-state index contributed by atoms with van der Waals surface area (Å²) in [7, 11) is 1.67. The van der Waals surface area contributed by atoms with Crippen molar-refractivity contribution in [3.8, 4) is 5.75 Å². The normalized spacial score (nSPS) is 15.8. The van der Waals surface area contributed by atoms with Crippen LogP contribution in [0.25, 0.3) is 5.65 Å². The maximum absolute atomic E-state index is 13.0. The van der Waals surface area contributed by atoms with Gasteiger partial charge >= 0.3 is 0 Å². The summed E-state index contributed by atoms with van der Waals surface area (Å²) in [6, 6.07) is 11.4. The van der Waals surface area contributed by atoms with Gasteiger partial charge in [0.2, 0.25) is 5.82 Å². The Morgan fingerprint density at radius 2 is 2.00 bits per heavy atom. The molecule has 26 heavy (non-hydrogen) atoms. The Morgan fingerprint density at radius 3 is 2.69 bits per heavy atom. The SMILES string of the molecule is COc1ccccc1C1(CNc2ccc3nnc(C(F)F)n3n2)CCC1. The van der Waals surface area contributed by atoms with Crippen molar-refractivity contribution in [3.63, 3.8) is 0 Å². The van der Waals surface area contributed by atoms with Crippen molar-refractivity contribution in [2.24, 2.45) is 0 Å². The minimum atomic E-state index is -2.72. The monoisotopic (exact) mass is 359 g/mol. The quantitative estimate of drug-likeness (QED) is 0.728. The lowest BCUT2D eigenvalue weighted by molar-refractivity contribution is 0.137. The second-order valence-corrected chi connectivity index (χ2v) is 6.54. The van der Waals surface area contributed by atoms with Crippen molar-refractivity contribution >= 4 is 11.5 Å². The van der Waals surface area contributed by atoms with Gasteiger partial charge in [-0.25, -0.2) is 8.78 Å². The van der Waals surface area contributed by atoms with Crippen LogP contribution in [0.15, 0.2) is 36.4 Å². The Bertz CT molecular complexity index is 923. The average Bonchev–Trinajstić information content (AvgIpc) is 3.04. The summed E-state index contributed by atoms with van der Waals surface area (Å²) in [5, 5.41) is 14.7. The first kappa shape index (κ1) is 16.7. The number of halogens is 2. The standard InChI is InChI=1S/C18H19F2N5O/c1-26-13-6-3-2-5-12(13)18(9-4-10-18)11-21-14-7-8-15-22-23-17(16(19)20)25(15)24-14/h2-3,5-8,16H,4,9-11H2,1H3,(H,21,24). The van der Waals surface area contributed by atoms with Crippen LogP contribution < -0.4 is 10.1 Å². The van der Waals surface area contributed by atoms with Crippen molar-refractivity contribution in [1.29, 1.82) is 0 Å². The molecule has 0 bridgehead atoms. The molecule has 8 heteroatoms. The fourth-order valence-electron chi connectivity index (χ4n) is 3.52. The number of hydrogen-bond acceptors (Lipinski definition) is 5. The lowest BCUT2D eigenvalue weighted by atomic mass is 9.64. The van der Waals surface area contributed by atoms with Crippen LogP contribution in [-0.2, 0) is 5.41 Å². The van der Waals surface area contributed by atoms with Crippen LogP contribution in [0.1, 0.15) is 37.1 Å². The number of para-hydroxylation sites is 1. The molecule has 0 atom stereocenters. The number of ether oxygens (including phenoxy) is 1. The van der Waals surface area contributed by atoms with E-state index in [0.29, 0.717) is 18.0 Å². The Labute approximate surface area is 149 Å². The topological polar surface area (TPSA) is 64.3 Å². The third-order valence-corrected chi connectivity index (χ3v) is 5.08. The maximum atomic E-state index is 13.0. The van der Waals surface area contributed by atoms with Crippen molar-refractivity contribution in [2.45, 2.75) is 31.1 Å². The predicted octanol–water partition coefficient (Wildman–Crippen LogP) is 3.60. The third kappa shape index (κ3) is 2.75. The van der Waals surface area contributed by atoms with Crippen LogP contribution in [0, 0.1) is 0 Å². The molecule has 0 aliphatic heterocycles. The average molecular weight is 359 g/mol. The van der Waals surface area contributed by atoms with Gasteiger partial charge in [-0.3, -0.25) is 0 Å². The number of hydrogen-bond donors (Lipinski definition) is 1. The van der Waals surface area contributed by atoms with E-state index in [1.807, 2.05) is 18.2 Å². The van der Waals surface area contributed by atoms with E-state index in [2.05, 4.69) is 26.7 Å². The number of nitrogens with one attached hydrogen (secondary N) is 1. The number of rotatable bonds is 6. The molecule has 3 aromatic rings. The largest absolute Gasteiger partial charge is 0.496 e. The highest BCUT2D eigenvalue weighted by molar-refractivity contribution is 5.47. The van der Waals surface area contributed by atoms with Gasteiger partial charge in [0.25, 0.3) is 6.43 Å². The number of methoxy groups -OCH3 is 1. The van der Waals surface area contributed by atoms with Gasteiger partial charge in [-0.1, -0.05) is 24.6 Å². The Hall–Kier alpha value is -2.77. The number of nitrogens with zero attached hydrogens (tertiary/aromatic N) is 4. The molecule has 0 radical (unpaired) electrons. The van der Waals surface area contributed by atoms with Crippen LogP contribution in [0.3, 0.4) is 0 Å². The zero-order chi connectivity index (χ0) is 18.1. The van der Waals surface area contributed by atoms with Gasteiger partial charge in [0, 0.05) is 17.5 Å². The van der Waals surface area contributed by atoms with Crippen molar-refractivity contribution in [1.82, 2.24) is 19.8 Å². The highest BCUT2D eigenvalue weighted by atomic mass is 19.3. The Balaban J connectivity index is 1.59. The van der Waals surface area contributed by atoms with E-state index in [4.69, 9.17) is 4.74 Å². The summed E-state index contributed by atoms with van der Waals surface area (Å²) in [6.45, 7) is 0.651. The van der Waals surface area contributed by atoms with E-state index < -0.39 is 12.2 Å². The molecule has 0 amide bonds. The molecule has 0 saturated heterocycles. The van der Waals surface area contributed by atoms with E-state index in [1.54, 1.807) is 19.2 Å². The maximum Gasteiger partial charge on any atom is 0.299 e. The van der Waals surface area contributed by atoms with E-state index in [-0.39, 0.29) is 5.41 Å². The van der Waals surface area contributed by atoms with Crippen LogP contribution in [0.4, 0.5) is 14.6 Å². The van der Waals surface area contributed by atoms with Gasteiger partial charge in [0.05, 0.1) is 7.11 Å². The first-order valence-electron chi connectivity index (χ1n) is 8.51. The summed E-state index contributed by atoms with van der Waals surface area (Å²) in [4.78, 5) is 0. The van der Waals surface area contributed by atoms with E-state index in [0.717, 1.165) is 29.5 Å². The molecule has 6 nitrogen and oxygen atoms in total. The fourth-order valence-corrected chi connectivity index (χ4v) is 3.52. The molecule has 1 aliphatic rings. The molecule has 2 heterocycles. The molecule has 1 aromatic carbocycles. The summed E-state index contributed by atoms with van der Waals surface area (Å²) >= 11 is 0. The zero-order valence-corrected chi connectivity index (χ0v) is 14.3. The van der Waals surface area contributed by atoms with E-state index in [1.165, 1.54) is 5.56 Å². The smallest absolute Gasteiger partial charge is 0.299 e. The van der Waals surface area contributed by atoms with Crippen molar-refractivity contribution in [3.05, 3.63) is 47.8 Å². The minimum absolute atomic E-state index is 0.0397. The summed E-state index contributed by atoms with van der Waals surface area (Å²) in [6.07, 6.45) is 0.502. The summed E-state index contributed by atoms with van der Waals surface area (Å²) in [5.41, 5.74) is 1.43. The van der Waals surface area contributed by atoms with Gasteiger partial charge in [-0.05, 0) is 31.0 Å². The molecular formula is C18H19F2N5O. The number of anilines is 1. The Morgan fingerprint density at radius 1 is 1.19 bits per heavy atom. The molecule has 1 saturated carbocycles. The van der Waals surface area contributed by atoms with Gasteiger partial charge in [-0.15, -0.1) is 15.3 Å². The van der Waals surface area contributed by atoms with Crippen LogP contribution in [-0.4, -0.2) is 33.5 Å². The van der Waals surface area contributed by atoms with Crippen LogP contribution in [0.5, 0.6) is 5.75 Å². The second-order valence-electron chi connectivity index (χ2n) is 6.54. The van der Waals surface area contributed by atoms with Gasteiger partial charge in [0.15, 0.2) is 5.65 Å². The fraction of sp³-hybridized carbons (Fsp3) is 0.389. The van der Waals surface area contributed by atoms with Gasteiger partial charge in [-0.2, -0.15) is 4.52 Å². The second kappa shape index (κ2) is 6.51. The van der Waals surface area contributed by atoms with Crippen LogP contribution >= 0.6 is 0 Å². The van der Waals surface area contributed by atoms with Crippen LogP contribution in [0.2, 0.25) is 0 Å². The molecule has 4 rings (SSSR count). The molecule has 1 aliphatic carbocycles. The van der Waals surface area contributed by atoms with E-state index >= 15 is 0 Å². The number of benzene rings is 1. The lowest BCUT2D eigenvalue weighted by Crippen LogP contribution is -2.41. The van der Waals surface area contributed by atoms with Crippen molar-refractivity contribution in [2.75, 3.05) is 19.0 Å². The molecule has 1 N–H and O–H groups in total. The lowest BCUT2D eigenvalue weighted by Gasteiger charge is -2.43. The van der Waals surface area contributed by atoms with Crippen molar-refractivity contribution < 1.29 is 13.5 Å². The predicted molar refractivity (Wildman–Crippen MR) is 92.8 cm³/mol. The van der Waals surface area contributed by atoms with Gasteiger partial charge in [0.1, 0.15) is 11.6 Å². The summed E-state index contributed by atoms with van der Waals surface area (Å²) < 4.78 is 32.6. The number of fused-ring (bicyclic) bond motifs is 1. The molecule has 0 spiro atoms. The summed E-state index contributed by atoms with van der Waals surface area (Å²) in [5.74, 6) is 0.934. The molecular weight excluding hydrogens is 340 g/mol. The van der Waals surface area contributed by atoms with Gasteiger partial charge < -0.3 is 10.1 Å². The Kier molecular flexibility index (Phi) is 4.18. The zero-order valence-electron chi connectivity index (χ0n) is 14.3. The molecule has 1 fully saturated rings. The van der Waals surface area contributed by atoms with E-state index in [9.17, 15) is 8.78 Å². The molecule has 2 aromatic heterocycles. The first-order chi connectivity index (χ1) is 12.6. The number of aromatic nitrogens is 4. The highest BCUT2D eigenvalue weighted by Gasteiger charge is 2.40. The third-order valence-electron chi connectivity index (χ3n) is 5.08. The highest BCUT2D eigenvalue weighted by Crippen LogP contribution is 2.47. The molecule has 0 unspecified atom stereocenters.